The third-order valence-electron chi connectivity index (χ3n) is 4.17. The van der Waals surface area contributed by atoms with E-state index in [0.717, 1.165) is 16.5 Å². The van der Waals surface area contributed by atoms with Gasteiger partial charge in [0.1, 0.15) is 0 Å². The summed E-state index contributed by atoms with van der Waals surface area (Å²) in [5.74, 6) is 2.46. The van der Waals surface area contributed by atoms with Crippen molar-refractivity contribution in [2.24, 2.45) is 0 Å². The average Bonchev–Trinajstić information content (AvgIpc) is 3.16. The van der Waals surface area contributed by atoms with Gasteiger partial charge in [0.2, 0.25) is 5.89 Å². The van der Waals surface area contributed by atoms with Crippen LogP contribution < -0.4 is 9.47 Å². The van der Waals surface area contributed by atoms with Gasteiger partial charge in [0.05, 0.1) is 26.0 Å². The topological polar surface area (TPSA) is 44.5 Å². The zero-order valence-corrected chi connectivity index (χ0v) is 14.0. The van der Waals surface area contributed by atoms with Gasteiger partial charge >= 0.3 is 0 Å². The molecule has 0 saturated carbocycles. The van der Waals surface area contributed by atoms with Crippen molar-refractivity contribution in [2.45, 2.75) is 0 Å². The van der Waals surface area contributed by atoms with Gasteiger partial charge in [0.15, 0.2) is 17.3 Å². The van der Waals surface area contributed by atoms with Crippen molar-refractivity contribution in [3.05, 3.63) is 66.9 Å². The number of nitrogens with zero attached hydrogens (tertiary/aromatic N) is 1. The number of hydrogen-bond donors (Lipinski definition) is 0. The minimum atomic E-state index is 0.499. The normalized spacial score (nSPS) is 10.8. The van der Waals surface area contributed by atoms with Crippen molar-refractivity contribution in [2.75, 3.05) is 14.2 Å². The first-order chi connectivity index (χ1) is 12.3. The molecule has 0 radical (unpaired) electrons. The summed E-state index contributed by atoms with van der Waals surface area (Å²) in [6.45, 7) is 0. The first-order valence-corrected chi connectivity index (χ1v) is 7.96. The van der Waals surface area contributed by atoms with E-state index in [-0.39, 0.29) is 0 Å². The van der Waals surface area contributed by atoms with Crippen LogP contribution in [0.2, 0.25) is 0 Å². The molecule has 0 aliphatic carbocycles. The molecule has 0 amide bonds. The molecule has 0 unspecified atom stereocenters. The second kappa shape index (κ2) is 6.32. The zero-order valence-electron chi connectivity index (χ0n) is 14.0. The fourth-order valence-electron chi connectivity index (χ4n) is 2.93. The number of rotatable bonds is 4. The first-order valence-electron chi connectivity index (χ1n) is 7.96. The summed E-state index contributed by atoms with van der Waals surface area (Å²) in [7, 11) is 3.21. The van der Waals surface area contributed by atoms with Gasteiger partial charge in [-0.2, -0.15) is 0 Å². The molecule has 3 aromatic carbocycles. The molecule has 1 heterocycles. The van der Waals surface area contributed by atoms with Crippen LogP contribution in [0.5, 0.6) is 11.5 Å². The molecule has 124 valence electrons. The minimum absolute atomic E-state index is 0.499. The lowest BCUT2D eigenvalue weighted by Crippen LogP contribution is -1.93. The Morgan fingerprint density at radius 1 is 0.840 bits per heavy atom. The Labute approximate surface area is 145 Å². The van der Waals surface area contributed by atoms with Crippen LogP contribution in [0.1, 0.15) is 0 Å². The van der Waals surface area contributed by atoms with Crippen molar-refractivity contribution in [3.8, 4) is 34.3 Å². The smallest absolute Gasteiger partial charge is 0.230 e. The fraction of sp³-hybridized carbons (Fsp3) is 0.0952. The van der Waals surface area contributed by atoms with Gasteiger partial charge in [-0.25, -0.2) is 4.98 Å². The third-order valence-corrected chi connectivity index (χ3v) is 4.17. The number of aromatic nitrogens is 1. The predicted octanol–water partition coefficient (Wildman–Crippen LogP) is 5.18. The molecular weight excluding hydrogens is 314 g/mol. The number of para-hydroxylation sites is 1. The Hall–Kier alpha value is -3.27. The Balaban J connectivity index is 1.77. The van der Waals surface area contributed by atoms with Crippen molar-refractivity contribution >= 4 is 10.8 Å². The van der Waals surface area contributed by atoms with E-state index in [1.807, 2.05) is 36.4 Å². The van der Waals surface area contributed by atoms with E-state index in [1.54, 1.807) is 20.4 Å². The number of fused-ring (bicyclic) bond motifs is 1. The highest BCUT2D eigenvalue weighted by molar-refractivity contribution is 5.86. The molecule has 0 spiro atoms. The van der Waals surface area contributed by atoms with Gasteiger partial charge in [-0.1, -0.05) is 42.5 Å². The fourth-order valence-corrected chi connectivity index (χ4v) is 2.93. The number of hydrogen-bond acceptors (Lipinski definition) is 4. The maximum absolute atomic E-state index is 6.00. The molecule has 25 heavy (non-hydrogen) atoms. The van der Waals surface area contributed by atoms with Gasteiger partial charge in [0, 0.05) is 5.56 Å². The van der Waals surface area contributed by atoms with Gasteiger partial charge in [-0.15, -0.1) is 0 Å². The van der Waals surface area contributed by atoms with Crippen LogP contribution in [-0.4, -0.2) is 19.2 Å². The molecule has 0 bridgehead atoms. The molecule has 0 atom stereocenters. The van der Waals surface area contributed by atoms with Gasteiger partial charge in [0.25, 0.3) is 0 Å². The molecule has 1 aromatic heterocycles. The minimum Gasteiger partial charge on any atom is -0.493 e. The summed E-state index contributed by atoms with van der Waals surface area (Å²) in [4.78, 5) is 4.42. The summed E-state index contributed by atoms with van der Waals surface area (Å²) in [5, 5.41) is 2.36. The molecule has 0 aliphatic heterocycles. The van der Waals surface area contributed by atoms with Crippen LogP contribution in [0, 0.1) is 0 Å². The highest BCUT2D eigenvalue weighted by atomic mass is 16.5. The van der Waals surface area contributed by atoms with E-state index in [0.29, 0.717) is 23.1 Å². The lowest BCUT2D eigenvalue weighted by atomic mass is 10.1. The van der Waals surface area contributed by atoms with E-state index in [1.165, 1.54) is 5.39 Å². The first kappa shape index (κ1) is 15.3. The van der Waals surface area contributed by atoms with Gasteiger partial charge < -0.3 is 13.9 Å². The Bertz CT molecular complexity index is 1040. The van der Waals surface area contributed by atoms with Crippen molar-refractivity contribution in [1.82, 2.24) is 4.98 Å². The quantitative estimate of drug-likeness (QED) is 0.517. The maximum Gasteiger partial charge on any atom is 0.230 e. The lowest BCUT2D eigenvalue weighted by molar-refractivity contribution is 0.355. The van der Waals surface area contributed by atoms with Crippen LogP contribution >= 0.6 is 0 Å². The summed E-state index contributed by atoms with van der Waals surface area (Å²) in [6.07, 6.45) is 1.73. The average molecular weight is 331 g/mol. The Morgan fingerprint density at radius 2 is 1.68 bits per heavy atom. The lowest BCUT2D eigenvalue weighted by Gasteiger charge is -2.10. The van der Waals surface area contributed by atoms with Crippen LogP contribution in [0.15, 0.2) is 71.3 Å². The van der Waals surface area contributed by atoms with Crippen molar-refractivity contribution in [1.29, 1.82) is 0 Å². The SMILES string of the molecule is COc1cccc(-c2ncc(-c3ccc4ccccc4c3)o2)c1OC. The molecular formula is C21H17NO3. The second-order valence-corrected chi connectivity index (χ2v) is 5.63. The van der Waals surface area contributed by atoms with E-state index in [2.05, 4.69) is 29.2 Å². The van der Waals surface area contributed by atoms with E-state index >= 15 is 0 Å². The molecule has 4 rings (SSSR count). The van der Waals surface area contributed by atoms with Gasteiger partial charge in [-0.05, 0) is 29.0 Å². The maximum atomic E-state index is 6.00. The molecule has 0 N–H and O–H groups in total. The van der Waals surface area contributed by atoms with Crippen LogP contribution in [0.25, 0.3) is 33.6 Å². The van der Waals surface area contributed by atoms with E-state index in [9.17, 15) is 0 Å². The third kappa shape index (κ3) is 2.72. The van der Waals surface area contributed by atoms with Crippen molar-refractivity contribution < 1.29 is 13.9 Å². The number of ether oxygens (including phenoxy) is 2. The van der Waals surface area contributed by atoms with E-state index in [4.69, 9.17) is 13.9 Å². The second-order valence-electron chi connectivity index (χ2n) is 5.63. The van der Waals surface area contributed by atoms with Crippen molar-refractivity contribution in [3.63, 3.8) is 0 Å². The van der Waals surface area contributed by atoms with Crippen LogP contribution in [0.4, 0.5) is 0 Å². The monoisotopic (exact) mass is 331 g/mol. The number of methoxy groups -OCH3 is 2. The standard InChI is InChI=1S/C21H17NO3/c1-23-18-9-5-8-17(20(18)24-2)21-22-13-19(25-21)16-11-10-14-6-3-4-7-15(14)12-16/h3-13H,1-2H3. The Morgan fingerprint density at radius 3 is 2.48 bits per heavy atom. The largest absolute Gasteiger partial charge is 0.493 e. The molecule has 4 nitrogen and oxygen atoms in total. The molecule has 4 heteroatoms. The van der Waals surface area contributed by atoms with Crippen LogP contribution in [0.3, 0.4) is 0 Å². The number of oxazole rings is 1. The summed E-state index contributed by atoms with van der Waals surface area (Å²) < 4.78 is 16.8. The highest BCUT2D eigenvalue weighted by Crippen LogP contribution is 2.38. The highest BCUT2D eigenvalue weighted by Gasteiger charge is 2.16. The van der Waals surface area contributed by atoms with Gasteiger partial charge in [-0.3, -0.25) is 0 Å². The summed E-state index contributed by atoms with van der Waals surface area (Å²) in [5.41, 5.74) is 1.74. The Kier molecular flexibility index (Phi) is 3.86. The predicted molar refractivity (Wildman–Crippen MR) is 98.0 cm³/mol. The van der Waals surface area contributed by atoms with E-state index < -0.39 is 0 Å². The molecule has 0 saturated heterocycles. The van der Waals surface area contributed by atoms with Crippen LogP contribution in [-0.2, 0) is 0 Å². The molecule has 0 fully saturated rings. The zero-order chi connectivity index (χ0) is 17.2. The summed E-state index contributed by atoms with van der Waals surface area (Å²) in [6, 6.07) is 20.1. The summed E-state index contributed by atoms with van der Waals surface area (Å²) >= 11 is 0. The molecule has 4 aromatic rings. The number of benzene rings is 3. The molecule has 0 aliphatic rings.